The number of anilines is 1. The highest BCUT2D eigenvalue weighted by molar-refractivity contribution is 7.13. The number of benzene rings is 2. The standard InChI is InChI=1S/C18H12N4O3S/c23-15(21-17-19-8-9-26-17)11-6-7-13-14(10-11)20-18(25)22(16(13)24)12-4-2-1-3-5-12/h1-10H,(H,20,25)(H,19,21,23). The first-order chi connectivity index (χ1) is 12.6. The third-order valence-electron chi connectivity index (χ3n) is 3.83. The summed E-state index contributed by atoms with van der Waals surface area (Å²) in [4.78, 5) is 44.1. The summed E-state index contributed by atoms with van der Waals surface area (Å²) >= 11 is 1.30. The highest BCUT2D eigenvalue weighted by Gasteiger charge is 2.13. The Morgan fingerprint density at radius 3 is 2.65 bits per heavy atom. The molecule has 2 heterocycles. The van der Waals surface area contributed by atoms with Gasteiger partial charge in [0.05, 0.1) is 16.6 Å². The van der Waals surface area contributed by atoms with Crippen LogP contribution in [-0.2, 0) is 0 Å². The molecule has 0 saturated heterocycles. The Bertz CT molecular complexity index is 1210. The Kier molecular flexibility index (Phi) is 3.94. The van der Waals surface area contributed by atoms with Crippen molar-refractivity contribution in [2.75, 3.05) is 5.32 Å². The van der Waals surface area contributed by atoms with Gasteiger partial charge >= 0.3 is 5.69 Å². The lowest BCUT2D eigenvalue weighted by Crippen LogP contribution is -2.33. The monoisotopic (exact) mass is 364 g/mol. The van der Waals surface area contributed by atoms with Crippen LogP contribution in [0.2, 0.25) is 0 Å². The van der Waals surface area contributed by atoms with Gasteiger partial charge in [-0.3, -0.25) is 14.9 Å². The predicted octanol–water partition coefficient (Wildman–Crippen LogP) is 2.39. The van der Waals surface area contributed by atoms with E-state index in [1.54, 1.807) is 48.0 Å². The van der Waals surface area contributed by atoms with Crippen LogP contribution in [0.15, 0.2) is 69.7 Å². The highest BCUT2D eigenvalue weighted by Crippen LogP contribution is 2.15. The lowest BCUT2D eigenvalue weighted by atomic mass is 10.1. The predicted molar refractivity (Wildman–Crippen MR) is 100 cm³/mol. The van der Waals surface area contributed by atoms with Crippen molar-refractivity contribution < 1.29 is 4.79 Å². The highest BCUT2D eigenvalue weighted by atomic mass is 32.1. The number of carbonyl (C=O) groups excluding carboxylic acids is 1. The topological polar surface area (TPSA) is 96.8 Å². The lowest BCUT2D eigenvalue weighted by Gasteiger charge is -2.07. The van der Waals surface area contributed by atoms with Crippen LogP contribution in [0.4, 0.5) is 5.13 Å². The molecule has 0 unspecified atom stereocenters. The quantitative estimate of drug-likeness (QED) is 0.583. The number of nitrogens with one attached hydrogen (secondary N) is 2. The normalized spacial score (nSPS) is 10.8. The molecule has 1 amide bonds. The number of thiazole rings is 1. The molecule has 0 saturated carbocycles. The summed E-state index contributed by atoms with van der Waals surface area (Å²) in [5.74, 6) is -0.366. The second-order valence-electron chi connectivity index (χ2n) is 5.46. The number of hydrogen-bond donors (Lipinski definition) is 2. The maximum atomic E-state index is 12.7. The van der Waals surface area contributed by atoms with Crippen molar-refractivity contribution in [3.63, 3.8) is 0 Å². The second-order valence-corrected chi connectivity index (χ2v) is 6.35. The second kappa shape index (κ2) is 6.41. The van der Waals surface area contributed by atoms with E-state index in [4.69, 9.17) is 0 Å². The van der Waals surface area contributed by atoms with Gasteiger partial charge in [0.25, 0.3) is 11.5 Å². The van der Waals surface area contributed by atoms with Crippen molar-refractivity contribution >= 4 is 33.3 Å². The molecule has 0 aliphatic carbocycles. The molecule has 8 heteroatoms. The van der Waals surface area contributed by atoms with Crippen LogP contribution in [0.3, 0.4) is 0 Å². The van der Waals surface area contributed by atoms with E-state index in [-0.39, 0.29) is 5.91 Å². The zero-order chi connectivity index (χ0) is 18.1. The number of para-hydroxylation sites is 1. The summed E-state index contributed by atoms with van der Waals surface area (Å²) in [5, 5.41) is 5.21. The zero-order valence-electron chi connectivity index (χ0n) is 13.3. The van der Waals surface area contributed by atoms with Crippen molar-refractivity contribution in [1.29, 1.82) is 0 Å². The third kappa shape index (κ3) is 2.82. The molecule has 26 heavy (non-hydrogen) atoms. The Labute approximate surface area is 150 Å². The van der Waals surface area contributed by atoms with Gasteiger partial charge in [0.2, 0.25) is 0 Å². The summed E-state index contributed by atoms with van der Waals surface area (Å²) < 4.78 is 1.07. The van der Waals surface area contributed by atoms with Crippen LogP contribution in [0.1, 0.15) is 10.4 Å². The molecule has 0 bridgehead atoms. The summed E-state index contributed by atoms with van der Waals surface area (Å²) in [6.07, 6.45) is 1.59. The van der Waals surface area contributed by atoms with E-state index < -0.39 is 11.2 Å². The molecule has 2 aromatic heterocycles. The number of aromatic nitrogens is 3. The Morgan fingerprint density at radius 2 is 1.92 bits per heavy atom. The van der Waals surface area contributed by atoms with Crippen LogP contribution in [0, 0.1) is 0 Å². The smallest absolute Gasteiger partial charge is 0.306 e. The van der Waals surface area contributed by atoms with Gasteiger partial charge in [-0.15, -0.1) is 11.3 Å². The molecule has 0 aliphatic rings. The number of hydrogen-bond acceptors (Lipinski definition) is 5. The molecular weight excluding hydrogens is 352 g/mol. The SMILES string of the molecule is O=C(Nc1nccs1)c1ccc2c(=O)n(-c3ccccc3)c(=O)[nH]c2c1. The van der Waals surface area contributed by atoms with Crippen molar-refractivity contribution in [3.05, 3.63) is 86.5 Å². The minimum Gasteiger partial charge on any atom is -0.306 e. The summed E-state index contributed by atoms with van der Waals surface area (Å²) in [6, 6.07) is 13.2. The van der Waals surface area contributed by atoms with Gasteiger partial charge in [-0.2, -0.15) is 0 Å². The molecule has 0 fully saturated rings. The van der Waals surface area contributed by atoms with Gasteiger partial charge in [-0.25, -0.2) is 14.3 Å². The molecule has 4 rings (SSSR count). The molecular formula is C18H12N4O3S. The number of rotatable bonds is 3. The van der Waals surface area contributed by atoms with Crippen molar-refractivity contribution in [3.8, 4) is 5.69 Å². The van der Waals surface area contributed by atoms with Crippen LogP contribution >= 0.6 is 11.3 Å². The van der Waals surface area contributed by atoms with Crippen LogP contribution in [0.25, 0.3) is 16.6 Å². The molecule has 0 spiro atoms. The number of aromatic amines is 1. The van der Waals surface area contributed by atoms with E-state index in [1.807, 2.05) is 0 Å². The molecule has 4 aromatic rings. The fraction of sp³-hybridized carbons (Fsp3) is 0. The molecule has 0 radical (unpaired) electrons. The van der Waals surface area contributed by atoms with Gasteiger partial charge in [0.15, 0.2) is 5.13 Å². The number of carbonyl (C=O) groups is 1. The minimum absolute atomic E-state index is 0.305. The van der Waals surface area contributed by atoms with Crippen molar-refractivity contribution in [2.24, 2.45) is 0 Å². The van der Waals surface area contributed by atoms with Crippen LogP contribution in [-0.4, -0.2) is 20.4 Å². The van der Waals surface area contributed by atoms with E-state index >= 15 is 0 Å². The minimum atomic E-state index is -0.564. The fourth-order valence-electron chi connectivity index (χ4n) is 2.63. The first-order valence-electron chi connectivity index (χ1n) is 7.69. The van der Waals surface area contributed by atoms with Crippen LogP contribution < -0.4 is 16.6 Å². The van der Waals surface area contributed by atoms with Crippen molar-refractivity contribution in [1.82, 2.24) is 14.5 Å². The molecule has 2 N–H and O–H groups in total. The number of H-pyrrole nitrogens is 1. The average Bonchev–Trinajstić information content (AvgIpc) is 3.15. The van der Waals surface area contributed by atoms with Crippen LogP contribution in [0.5, 0.6) is 0 Å². The molecule has 128 valence electrons. The van der Waals surface area contributed by atoms with Crippen molar-refractivity contribution in [2.45, 2.75) is 0 Å². The maximum absolute atomic E-state index is 12.7. The fourth-order valence-corrected chi connectivity index (χ4v) is 3.15. The maximum Gasteiger partial charge on any atom is 0.333 e. The van der Waals surface area contributed by atoms with Gasteiger partial charge in [0.1, 0.15) is 0 Å². The van der Waals surface area contributed by atoms with E-state index in [2.05, 4.69) is 15.3 Å². The third-order valence-corrected chi connectivity index (χ3v) is 4.52. The number of nitrogens with zero attached hydrogens (tertiary/aromatic N) is 2. The summed E-state index contributed by atoms with van der Waals surface area (Å²) in [6.45, 7) is 0. The van der Waals surface area contributed by atoms with Gasteiger partial charge in [-0.05, 0) is 30.3 Å². The van der Waals surface area contributed by atoms with E-state index in [0.29, 0.717) is 27.3 Å². The summed E-state index contributed by atoms with van der Waals surface area (Å²) in [7, 11) is 0. The molecule has 2 aromatic carbocycles. The van der Waals surface area contributed by atoms with E-state index in [1.165, 1.54) is 23.5 Å². The zero-order valence-corrected chi connectivity index (χ0v) is 14.1. The number of amides is 1. The van der Waals surface area contributed by atoms with Gasteiger partial charge < -0.3 is 4.98 Å². The lowest BCUT2D eigenvalue weighted by molar-refractivity contribution is 0.102. The first kappa shape index (κ1) is 16.0. The average molecular weight is 364 g/mol. The number of fused-ring (bicyclic) bond motifs is 1. The molecule has 0 aliphatic heterocycles. The van der Waals surface area contributed by atoms with E-state index in [0.717, 1.165) is 4.57 Å². The van der Waals surface area contributed by atoms with Gasteiger partial charge in [0, 0.05) is 17.1 Å². The Morgan fingerprint density at radius 1 is 1.12 bits per heavy atom. The Hall–Kier alpha value is -3.52. The molecule has 0 atom stereocenters. The first-order valence-corrected chi connectivity index (χ1v) is 8.57. The summed E-state index contributed by atoms with van der Waals surface area (Å²) in [5.41, 5.74) is 0.0958. The van der Waals surface area contributed by atoms with Gasteiger partial charge in [-0.1, -0.05) is 18.2 Å². The van der Waals surface area contributed by atoms with E-state index in [9.17, 15) is 14.4 Å². The largest absolute Gasteiger partial charge is 0.333 e. The molecule has 7 nitrogen and oxygen atoms in total. The Balaban J connectivity index is 1.80.